The molecule has 1 aromatic rings. The van der Waals surface area contributed by atoms with Crippen molar-refractivity contribution in [2.75, 3.05) is 6.54 Å². The first-order chi connectivity index (χ1) is 8.78. The number of benzene rings is 1. The van der Waals surface area contributed by atoms with Crippen LogP contribution in [0.15, 0.2) is 24.3 Å². The van der Waals surface area contributed by atoms with E-state index in [-0.39, 0.29) is 0 Å². The quantitative estimate of drug-likeness (QED) is 0.840. The molecule has 4 unspecified atom stereocenters. The van der Waals surface area contributed by atoms with Gasteiger partial charge < -0.3 is 5.32 Å². The largest absolute Gasteiger partial charge is 0.310 e. The fourth-order valence-corrected chi connectivity index (χ4v) is 4.21. The highest BCUT2D eigenvalue weighted by molar-refractivity contribution is 5.25. The molecule has 0 amide bonds. The summed E-state index contributed by atoms with van der Waals surface area (Å²) in [5, 5.41) is 3.75. The molecular formula is C17H25N. The molecule has 2 aliphatic rings. The van der Waals surface area contributed by atoms with Crippen LogP contribution < -0.4 is 5.32 Å². The van der Waals surface area contributed by atoms with E-state index < -0.39 is 0 Å². The minimum absolute atomic E-state index is 0.589. The molecule has 0 spiro atoms. The minimum atomic E-state index is 0.589. The summed E-state index contributed by atoms with van der Waals surface area (Å²) in [5.74, 6) is 2.90. The van der Waals surface area contributed by atoms with Gasteiger partial charge in [0.25, 0.3) is 0 Å². The Balaban J connectivity index is 1.81. The van der Waals surface area contributed by atoms with Crippen molar-refractivity contribution in [1.29, 1.82) is 0 Å². The summed E-state index contributed by atoms with van der Waals surface area (Å²) in [4.78, 5) is 0. The van der Waals surface area contributed by atoms with Crippen molar-refractivity contribution in [3.8, 4) is 0 Å². The number of rotatable bonds is 4. The average Bonchev–Trinajstić information content (AvgIpc) is 2.99. The van der Waals surface area contributed by atoms with E-state index >= 15 is 0 Å². The second kappa shape index (κ2) is 5.05. The van der Waals surface area contributed by atoms with Crippen molar-refractivity contribution in [3.63, 3.8) is 0 Å². The van der Waals surface area contributed by atoms with Gasteiger partial charge in [-0.25, -0.2) is 0 Å². The van der Waals surface area contributed by atoms with E-state index in [9.17, 15) is 0 Å². The van der Waals surface area contributed by atoms with Crippen molar-refractivity contribution >= 4 is 0 Å². The maximum Gasteiger partial charge on any atom is 0.0351 e. The number of hydrogen-bond donors (Lipinski definition) is 1. The van der Waals surface area contributed by atoms with E-state index in [4.69, 9.17) is 0 Å². The molecule has 0 saturated heterocycles. The van der Waals surface area contributed by atoms with Gasteiger partial charge in [-0.05, 0) is 56.0 Å². The predicted molar refractivity (Wildman–Crippen MR) is 76.5 cm³/mol. The van der Waals surface area contributed by atoms with Crippen LogP contribution in [0.1, 0.15) is 49.8 Å². The summed E-state index contributed by atoms with van der Waals surface area (Å²) in [6, 6.07) is 9.76. The lowest BCUT2D eigenvalue weighted by atomic mass is 9.80. The van der Waals surface area contributed by atoms with E-state index in [2.05, 4.69) is 43.4 Å². The molecule has 0 heterocycles. The fourth-order valence-electron chi connectivity index (χ4n) is 4.21. The highest BCUT2D eigenvalue weighted by Gasteiger charge is 2.43. The van der Waals surface area contributed by atoms with E-state index in [0.29, 0.717) is 6.04 Å². The lowest BCUT2D eigenvalue weighted by Gasteiger charge is -2.31. The van der Waals surface area contributed by atoms with Gasteiger partial charge >= 0.3 is 0 Å². The van der Waals surface area contributed by atoms with Gasteiger partial charge in [0, 0.05) is 6.04 Å². The van der Waals surface area contributed by atoms with Crippen LogP contribution in [0.3, 0.4) is 0 Å². The van der Waals surface area contributed by atoms with Crippen LogP contribution in [-0.2, 0) is 0 Å². The first kappa shape index (κ1) is 12.2. The van der Waals surface area contributed by atoms with Crippen molar-refractivity contribution in [2.45, 2.75) is 45.6 Å². The minimum Gasteiger partial charge on any atom is -0.310 e. The topological polar surface area (TPSA) is 12.0 Å². The molecule has 1 N–H and O–H groups in total. The smallest absolute Gasteiger partial charge is 0.0351 e. The Bertz CT molecular complexity index is 395. The molecule has 0 aromatic heterocycles. The van der Waals surface area contributed by atoms with Gasteiger partial charge in [0.1, 0.15) is 0 Å². The van der Waals surface area contributed by atoms with Gasteiger partial charge in [0.2, 0.25) is 0 Å². The molecule has 4 atom stereocenters. The third kappa shape index (κ3) is 2.21. The first-order valence-electron chi connectivity index (χ1n) is 7.58. The molecule has 0 radical (unpaired) electrons. The molecule has 0 aliphatic heterocycles. The van der Waals surface area contributed by atoms with Gasteiger partial charge in [-0.2, -0.15) is 0 Å². The Morgan fingerprint density at radius 3 is 2.50 bits per heavy atom. The molecule has 3 rings (SSSR count). The zero-order valence-corrected chi connectivity index (χ0v) is 11.7. The van der Waals surface area contributed by atoms with Crippen LogP contribution in [0.4, 0.5) is 0 Å². The van der Waals surface area contributed by atoms with Crippen LogP contribution in [0, 0.1) is 24.7 Å². The lowest BCUT2D eigenvalue weighted by molar-refractivity contribution is 0.253. The second-order valence-corrected chi connectivity index (χ2v) is 6.28. The zero-order chi connectivity index (χ0) is 12.5. The maximum atomic E-state index is 3.75. The Morgan fingerprint density at radius 2 is 1.94 bits per heavy atom. The standard InChI is InChI=1S/C17H25N/c1-3-18-17(14-7-4-12(2)5-8-14)16-11-13-6-9-15(16)10-13/h4-5,7-8,13,15-18H,3,6,9-11H2,1-2H3. The van der Waals surface area contributed by atoms with Crippen molar-refractivity contribution in [1.82, 2.24) is 5.32 Å². The van der Waals surface area contributed by atoms with Crippen LogP contribution in [0.2, 0.25) is 0 Å². The second-order valence-electron chi connectivity index (χ2n) is 6.28. The third-order valence-electron chi connectivity index (χ3n) is 5.08. The molecule has 2 fully saturated rings. The number of fused-ring (bicyclic) bond motifs is 2. The van der Waals surface area contributed by atoms with E-state index in [1.165, 1.54) is 36.8 Å². The first-order valence-corrected chi connectivity index (χ1v) is 7.58. The SMILES string of the molecule is CCNC(c1ccc(C)cc1)C1CC2CCC1C2. The number of nitrogens with one attached hydrogen (secondary N) is 1. The molecule has 2 saturated carbocycles. The van der Waals surface area contributed by atoms with Crippen molar-refractivity contribution in [3.05, 3.63) is 35.4 Å². The van der Waals surface area contributed by atoms with Gasteiger partial charge in [0.15, 0.2) is 0 Å². The Morgan fingerprint density at radius 1 is 1.17 bits per heavy atom. The predicted octanol–water partition coefficient (Wildman–Crippen LogP) is 4.08. The van der Waals surface area contributed by atoms with Gasteiger partial charge in [-0.3, -0.25) is 0 Å². The molecular weight excluding hydrogens is 218 g/mol. The molecule has 2 aliphatic carbocycles. The van der Waals surface area contributed by atoms with E-state index in [1.807, 2.05) is 0 Å². The molecule has 1 nitrogen and oxygen atoms in total. The molecule has 2 bridgehead atoms. The van der Waals surface area contributed by atoms with Crippen molar-refractivity contribution < 1.29 is 0 Å². The van der Waals surface area contributed by atoms with Crippen LogP contribution in [-0.4, -0.2) is 6.54 Å². The molecule has 18 heavy (non-hydrogen) atoms. The van der Waals surface area contributed by atoms with Crippen LogP contribution in [0.5, 0.6) is 0 Å². The van der Waals surface area contributed by atoms with E-state index in [0.717, 1.165) is 24.3 Å². The van der Waals surface area contributed by atoms with Gasteiger partial charge in [-0.15, -0.1) is 0 Å². The Labute approximate surface area is 111 Å². The number of aryl methyl sites for hydroxylation is 1. The summed E-state index contributed by atoms with van der Waals surface area (Å²) in [6.07, 6.45) is 5.92. The van der Waals surface area contributed by atoms with Crippen molar-refractivity contribution in [2.24, 2.45) is 17.8 Å². The third-order valence-corrected chi connectivity index (χ3v) is 5.08. The number of hydrogen-bond acceptors (Lipinski definition) is 1. The summed E-state index contributed by atoms with van der Waals surface area (Å²) >= 11 is 0. The molecule has 1 aromatic carbocycles. The summed E-state index contributed by atoms with van der Waals surface area (Å²) in [7, 11) is 0. The summed E-state index contributed by atoms with van der Waals surface area (Å²) in [5.41, 5.74) is 2.86. The summed E-state index contributed by atoms with van der Waals surface area (Å²) in [6.45, 7) is 5.48. The highest BCUT2D eigenvalue weighted by atomic mass is 14.9. The normalized spacial score (nSPS) is 31.8. The average molecular weight is 243 g/mol. The monoisotopic (exact) mass is 243 g/mol. The highest BCUT2D eigenvalue weighted by Crippen LogP contribution is 2.52. The van der Waals surface area contributed by atoms with Gasteiger partial charge in [-0.1, -0.05) is 43.2 Å². The van der Waals surface area contributed by atoms with Crippen LogP contribution in [0.25, 0.3) is 0 Å². The zero-order valence-electron chi connectivity index (χ0n) is 11.7. The summed E-state index contributed by atoms with van der Waals surface area (Å²) < 4.78 is 0. The lowest BCUT2D eigenvalue weighted by Crippen LogP contribution is -2.31. The maximum absolute atomic E-state index is 3.75. The molecule has 1 heteroatoms. The van der Waals surface area contributed by atoms with Crippen LogP contribution >= 0.6 is 0 Å². The Hall–Kier alpha value is -0.820. The van der Waals surface area contributed by atoms with Gasteiger partial charge in [0.05, 0.1) is 0 Å². The fraction of sp³-hybridized carbons (Fsp3) is 0.647. The van der Waals surface area contributed by atoms with E-state index in [1.54, 1.807) is 0 Å². The Kier molecular flexibility index (Phi) is 3.43. The molecule has 98 valence electrons.